The van der Waals surface area contributed by atoms with Gasteiger partial charge in [-0.05, 0) is 30.3 Å². The standard InChI is InChI=1S/C21H25ClN4O3/c1-28-19-8-7-17(15-18(19)22)24-21(23-9-10-26-11-13-29-14-12-26)25-20(27)16-5-3-2-4-6-16/h2-8,15H,9-14H2,1H3,(H2,23,24,25,27). The van der Waals surface area contributed by atoms with Crippen LogP contribution in [0.4, 0.5) is 5.69 Å². The smallest absolute Gasteiger partial charge is 0.257 e. The second-order valence-corrected chi connectivity index (χ2v) is 6.89. The summed E-state index contributed by atoms with van der Waals surface area (Å²) >= 11 is 6.21. The van der Waals surface area contributed by atoms with Gasteiger partial charge in [0.25, 0.3) is 5.91 Å². The fourth-order valence-electron chi connectivity index (χ4n) is 2.89. The number of morpholine rings is 1. The van der Waals surface area contributed by atoms with E-state index >= 15 is 0 Å². The first-order valence-electron chi connectivity index (χ1n) is 9.47. The highest BCUT2D eigenvalue weighted by Crippen LogP contribution is 2.27. The van der Waals surface area contributed by atoms with E-state index in [1.54, 1.807) is 31.4 Å². The van der Waals surface area contributed by atoms with E-state index in [1.165, 1.54) is 0 Å². The largest absolute Gasteiger partial charge is 0.495 e. The van der Waals surface area contributed by atoms with Crippen LogP contribution in [0.2, 0.25) is 5.02 Å². The number of amides is 1. The molecule has 1 fully saturated rings. The SMILES string of the molecule is COc1ccc(NC(=NCCN2CCOCC2)NC(=O)c2ccccc2)cc1Cl. The molecule has 29 heavy (non-hydrogen) atoms. The Morgan fingerprint density at radius 2 is 1.97 bits per heavy atom. The van der Waals surface area contributed by atoms with Gasteiger partial charge in [0.1, 0.15) is 5.75 Å². The van der Waals surface area contributed by atoms with E-state index in [-0.39, 0.29) is 5.91 Å². The van der Waals surface area contributed by atoms with Crippen molar-refractivity contribution in [2.75, 3.05) is 51.8 Å². The molecule has 0 unspecified atom stereocenters. The molecule has 1 saturated heterocycles. The Labute approximate surface area is 175 Å². The highest BCUT2D eigenvalue weighted by atomic mass is 35.5. The minimum atomic E-state index is -0.233. The lowest BCUT2D eigenvalue weighted by atomic mass is 10.2. The van der Waals surface area contributed by atoms with Gasteiger partial charge in [0, 0.05) is 30.9 Å². The minimum Gasteiger partial charge on any atom is -0.495 e. The number of nitrogens with zero attached hydrogens (tertiary/aromatic N) is 2. The van der Waals surface area contributed by atoms with Crippen LogP contribution < -0.4 is 15.4 Å². The summed E-state index contributed by atoms with van der Waals surface area (Å²) in [6.07, 6.45) is 0. The van der Waals surface area contributed by atoms with Crippen LogP contribution >= 0.6 is 11.6 Å². The first-order valence-corrected chi connectivity index (χ1v) is 9.85. The van der Waals surface area contributed by atoms with Gasteiger partial charge < -0.3 is 14.8 Å². The number of anilines is 1. The third-order valence-electron chi connectivity index (χ3n) is 4.47. The van der Waals surface area contributed by atoms with Crippen LogP contribution in [-0.4, -0.2) is 63.3 Å². The highest BCUT2D eigenvalue weighted by molar-refractivity contribution is 6.32. The van der Waals surface area contributed by atoms with E-state index in [0.29, 0.717) is 34.5 Å². The van der Waals surface area contributed by atoms with Crippen LogP contribution in [0, 0.1) is 0 Å². The van der Waals surface area contributed by atoms with Crippen molar-refractivity contribution in [3.8, 4) is 5.75 Å². The van der Waals surface area contributed by atoms with Crippen molar-refractivity contribution in [3.63, 3.8) is 0 Å². The van der Waals surface area contributed by atoms with Crippen LogP contribution in [0.5, 0.6) is 5.75 Å². The number of aliphatic imine (C=N–C) groups is 1. The lowest BCUT2D eigenvalue weighted by molar-refractivity contribution is 0.0394. The number of rotatable bonds is 6. The monoisotopic (exact) mass is 416 g/mol. The van der Waals surface area contributed by atoms with Crippen molar-refractivity contribution in [1.82, 2.24) is 10.2 Å². The molecule has 154 valence electrons. The van der Waals surface area contributed by atoms with Crippen molar-refractivity contribution in [2.45, 2.75) is 0 Å². The Morgan fingerprint density at radius 3 is 2.66 bits per heavy atom. The minimum absolute atomic E-state index is 0.233. The molecule has 8 heteroatoms. The number of nitrogens with one attached hydrogen (secondary N) is 2. The van der Waals surface area contributed by atoms with E-state index < -0.39 is 0 Å². The zero-order valence-electron chi connectivity index (χ0n) is 16.4. The van der Waals surface area contributed by atoms with Crippen LogP contribution in [0.25, 0.3) is 0 Å². The average Bonchev–Trinajstić information content (AvgIpc) is 2.75. The van der Waals surface area contributed by atoms with Gasteiger partial charge in [0.05, 0.1) is 31.9 Å². The van der Waals surface area contributed by atoms with Crippen molar-refractivity contribution < 1.29 is 14.3 Å². The molecule has 1 amide bonds. The predicted molar refractivity (Wildman–Crippen MR) is 115 cm³/mol. The van der Waals surface area contributed by atoms with Crippen molar-refractivity contribution in [3.05, 3.63) is 59.1 Å². The number of halogens is 1. The molecule has 0 saturated carbocycles. The molecule has 0 atom stereocenters. The molecule has 2 aromatic rings. The number of methoxy groups -OCH3 is 1. The van der Waals surface area contributed by atoms with Gasteiger partial charge in [-0.2, -0.15) is 0 Å². The summed E-state index contributed by atoms with van der Waals surface area (Å²) in [5.41, 5.74) is 1.26. The third-order valence-corrected chi connectivity index (χ3v) is 4.77. The topological polar surface area (TPSA) is 75.2 Å². The maximum atomic E-state index is 12.6. The summed E-state index contributed by atoms with van der Waals surface area (Å²) < 4.78 is 10.6. The molecule has 0 bridgehead atoms. The fourth-order valence-corrected chi connectivity index (χ4v) is 3.15. The zero-order chi connectivity index (χ0) is 20.5. The number of carbonyl (C=O) groups excluding carboxylic acids is 1. The van der Waals surface area contributed by atoms with Crippen LogP contribution in [0.3, 0.4) is 0 Å². The molecule has 3 rings (SSSR count). The highest BCUT2D eigenvalue weighted by Gasteiger charge is 2.12. The summed E-state index contributed by atoms with van der Waals surface area (Å²) in [7, 11) is 1.56. The molecule has 1 aliphatic heterocycles. The summed E-state index contributed by atoms with van der Waals surface area (Å²) in [5, 5.41) is 6.47. The molecule has 0 aliphatic carbocycles. The molecule has 2 N–H and O–H groups in total. The van der Waals surface area contributed by atoms with E-state index in [9.17, 15) is 4.79 Å². The molecular formula is C21H25ClN4O3. The first-order chi connectivity index (χ1) is 14.2. The van der Waals surface area contributed by atoms with Gasteiger partial charge in [0.15, 0.2) is 0 Å². The Bertz CT molecular complexity index is 839. The molecule has 2 aromatic carbocycles. The number of benzene rings is 2. The maximum Gasteiger partial charge on any atom is 0.257 e. The second kappa shape index (κ2) is 10.8. The number of carbonyl (C=O) groups is 1. The van der Waals surface area contributed by atoms with Crippen LogP contribution in [-0.2, 0) is 4.74 Å². The summed E-state index contributed by atoms with van der Waals surface area (Å²) in [6, 6.07) is 14.3. The Morgan fingerprint density at radius 1 is 1.21 bits per heavy atom. The average molecular weight is 417 g/mol. The van der Waals surface area contributed by atoms with Gasteiger partial charge in [0.2, 0.25) is 5.96 Å². The lowest BCUT2D eigenvalue weighted by Gasteiger charge is -2.25. The normalized spacial score (nSPS) is 15.0. The fraction of sp³-hybridized carbons (Fsp3) is 0.333. The second-order valence-electron chi connectivity index (χ2n) is 6.48. The number of ether oxygens (including phenoxy) is 2. The Balaban J connectivity index is 1.70. The number of hydrogen-bond donors (Lipinski definition) is 2. The summed E-state index contributed by atoms with van der Waals surface area (Å²) in [6.45, 7) is 4.60. The van der Waals surface area contributed by atoms with Crippen molar-refractivity contribution >= 4 is 29.2 Å². The third kappa shape index (κ3) is 6.45. The van der Waals surface area contributed by atoms with E-state index in [4.69, 9.17) is 21.1 Å². The number of guanidine groups is 1. The van der Waals surface area contributed by atoms with Crippen LogP contribution in [0.1, 0.15) is 10.4 Å². The van der Waals surface area contributed by atoms with Crippen molar-refractivity contribution in [1.29, 1.82) is 0 Å². The molecule has 1 aliphatic rings. The molecule has 7 nitrogen and oxygen atoms in total. The quantitative estimate of drug-likeness (QED) is 0.559. The summed E-state index contributed by atoms with van der Waals surface area (Å²) in [4.78, 5) is 19.4. The van der Waals surface area contributed by atoms with Gasteiger partial charge in [-0.1, -0.05) is 29.8 Å². The molecule has 1 heterocycles. The molecule has 0 aromatic heterocycles. The van der Waals surface area contributed by atoms with Gasteiger partial charge in [-0.3, -0.25) is 20.0 Å². The maximum absolute atomic E-state index is 12.6. The van der Waals surface area contributed by atoms with Gasteiger partial charge in [-0.15, -0.1) is 0 Å². The van der Waals surface area contributed by atoms with E-state index in [2.05, 4.69) is 20.5 Å². The summed E-state index contributed by atoms with van der Waals surface area (Å²) in [5.74, 6) is 0.715. The Kier molecular flexibility index (Phi) is 7.86. The zero-order valence-corrected chi connectivity index (χ0v) is 17.1. The van der Waals surface area contributed by atoms with E-state index in [1.807, 2.05) is 24.3 Å². The van der Waals surface area contributed by atoms with Crippen LogP contribution in [0.15, 0.2) is 53.5 Å². The number of hydrogen-bond acceptors (Lipinski definition) is 5. The Hall–Kier alpha value is -2.61. The first kappa shape index (κ1) is 21.1. The van der Waals surface area contributed by atoms with E-state index in [0.717, 1.165) is 32.8 Å². The van der Waals surface area contributed by atoms with Gasteiger partial charge in [-0.25, -0.2) is 0 Å². The molecule has 0 spiro atoms. The lowest BCUT2D eigenvalue weighted by Crippen LogP contribution is -2.39. The van der Waals surface area contributed by atoms with Gasteiger partial charge >= 0.3 is 0 Å². The van der Waals surface area contributed by atoms with Crippen molar-refractivity contribution in [2.24, 2.45) is 4.99 Å². The molecular weight excluding hydrogens is 392 g/mol. The molecule has 0 radical (unpaired) electrons. The predicted octanol–water partition coefficient (Wildman–Crippen LogP) is 2.88.